The number of carbonyl (C=O) groups excluding carboxylic acids is 2. The molecule has 1 aromatic carbocycles. The van der Waals surface area contributed by atoms with Gasteiger partial charge in [-0.1, -0.05) is 6.07 Å². The van der Waals surface area contributed by atoms with E-state index in [9.17, 15) is 9.59 Å². The first-order chi connectivity index (χ1) is 18.0. The number of methoxy groups -OCH3 is 2. The van der Waals surface area contributed by atoms with Crippen LogP contribution in [0, 0.1) is 0 Å². The molecule has 0 spiro atoms. The summed E-state index contributed by atoms with van der Waals surface area (Å²) in [5, 5.41) is 2.93. The molecule has 2 aromatic heterocycles. The topological polar surface area (TPSA) is 133 Å². The number of hydrogen-bond donors (Lipinski definition) is 1. The normalized spacial score (nSPS) is 16.4. The predicted octanol–water partition coefficient (Wildman–Crippen LogP) is 1.36. The number of ether oxygens (including phenoxy) is 4. The Balaban J connectivity index is 1.29. The van der Waals surface area contributed by atoms with Gasteiger partial charge in [-0.3, -0.25) is 9.36 Å². The number of carbonyl (C=O) groups is 2. The third-order valence-electron chi connectivity index (χ3n) is 6.19. The van der Waals surface area contributed by atoms with Crippen molar-refractivity contribution in [1.29, 1.82) is 0 Å². The van der Waals surface area contributed by atoms with Crippen LogP contribution >= 0.6 is 0 Å². The summed E-state index contributed by atoms with van der Waals surface area (Å²) in [6.45, 7) is 1.74. The molecule has 1 unspecified atom stereocenters. The fourth-order valence-corrected chi connectivity index (χ4v) is 4.29. The van der Waals surface area contributed by atoms with Crippen LogP contribution in [0.25, 0.3) is 5.95 Å². The van der Waals surface area contributed by atoms with Crippen LogP contribution in [0.1, 0.15) is 12.0 Å². The van der Waals surface area contributed by atoms with Gasteiger partial charge in [-0.2, -0.15) is 9.97 Å². The van der Waals surface area contributed by atoms with E-state index in [1.165, 1.54) is 14.2 Å². The second-order valence-electron chi connectivity index (χ2n) is 8.47. The fraction of sp³-hybridized carbons (Fsp3) is 0.375. The maximum atomic E-state index is 12.9. The molecular weight excluding hydrogens is 482 g/mol. The number of nitrogens with one attached hydrogen (secondary N) is 1. The van der Waals surface area contributed by atoms with Crippen LogP contribution in [-0.4, -0.2) is 83.1 Å². The maximum Gasteiger partial charge on any atom is 0.409 e. The zero-order valence-electron chi connectivity index (χ0n) is 20.5. The third-order valence-corrected chi connectivity index (χ3v) is 6.19. The van der Waals surface area contributed by atoms with Crippen molar-refractivity contribution >= 4 is 17.8 Å². The maximum absolute atomic E-state index is 12.9. The summed E-state index contributed by atoms with van der Waals surface area (Å²) in [7, 11) is 2.87. The molecule has 1 fully saturated rings. The van der Waals surface area contributed by atoms with Crippen LogP contribution in [-0.2, 0) is 16.1 Å². The molecular formula is C24H27N7O6. The van der Waals surface area contributed by atoms with Crippen LogP contribution in [0.5, 0.6) is 17.4 Å². The van der Waals surface area contributed by atoms with E-state index in [4.69, 9.17) is 18.9 Å². The molecule has 3 aromatic rings. The lowest BCUT2D eigenvalue weighted by Gasteiger charge is -2.40. The van der Waals surface area contributed by atoms with Crippen molar-refractivity contribution < 1.29 is 28.5 Å². The second kappa shape index (κ2) is 10.6. The molecule has 5 rings (SSSR count). The van der Waals surface area contributed by atoms with Gasteiger partial charge >= 0.3 is 6.09 Å². The number of imidazole rings is 1. The summed E-state index contributed by atoms with van der Waals surface area (Å²) in [5.74, 6) is 2.55. The van der Waals surface area contributed by atoms with Gasteiger partial charge < -0.3 is 34.1 Å². The molecule has 37 heavy (non-hydrogen) atoms. The second-order valence-corrected chi connectivity index (χ2v) is 8.47. The molecule has 0 saturated carbocycles. The van der Waals surface area contributed by atoms with Crippen molar-refractivity contribution in [3.8, 4) is 23.3 Å². The van der Waals surface area contributed by atoms with Gasteiger partial charge in [0.05, 0.1) is 20.3 Å². The Bertz CT molecular complexity index is 1270. The predicted molar refractivity (Wildman–Crippen MR) is 130 cm³/mol. The van der Waals surface area contributed by atoms with Crippen LogP contribution in [0.3, 0.4) is 0 Å². The molecule has 1 atom stereocenters. The van der Waals surface area contributed by atoms with Crippen LogP contribution in [0.4, 0.5) is 10.6 Å². The fourth-order valence-electron chi connectivity index (χ4n) is 4.29. The molecule has 0 aliphatic carbocycles. The summed E-state index contributed by atoms with van der Waals surface area (Å²) in [4.78, 5) is 42.0. The molecule has 2 amide bonds. The molecule has 1 saturated heterocycles. The standard InChI is InChI=1S/C24H27N7O6/c1-34-22-11-20(27-23(28-22)30-6-5-25-14-30)29-7-8-31(24(33)35-2)17(13-29)10-21(32)26-12-16-3-4-18-19(9-16)37-15-36-18/h3-6,9,11,14,17H,7-8,10,12-13,15H2,1-2H3,(H,26,32). The first-order valence-corrected chi connectivity index (χ1v) is 11.7. The van der Waals surface area contributed by atoms with Gasteiger partial charge in [0.15, 0.2) is 11.5 Å². The van der Waals surface area contributed by atoms with Gasteiger partial charge in [-0.05, 0) is 17.7 Å². The van der Waals surface area contributed by atoms with Gasteiger partial charge in [0.25, 0.3) is 0 Å². The van der Waals surface area contributed by atoms with E-state index in [1.807, 2.05) is 23.1 Å². The number of hydrogen-bond acceptors (Lipinski definition) is 10. The molecule has 1 N–H and O–H groups in total. The Morgan fingerprint density at radius 3 is 2.78 bits per heavy atom. The lowest BCUT2D eigenvalue weighted by molar-refractivity contribution is -0.122. The summed E-state index contributed by atoms with van der Waals surface area (Å²) in [6.07, 6.45) is 4.58. The Morgan fingerprint density at radius 1 is 1.14 bits per heavy atom. The minimum atomic E-state index is -0.479. The van der Waals surface area contributed by atoms with E-state index in [-0.39, 0.29) is 19.1 Å². The van der Waals surface area contributed by atoms with Crippen LogP contribution in [0.15, 0.2) is 43.0 Å². The average molecular weight is 510 g/mol. The monoisotopic (exact) mass is 509 g/mol. The first kappa shape index (κ1) is 24.2. The number of benzene rings is 1. The molecule has 13 nitrogen and oxygen atoms in total. The van der Waals surface area contributed by atoms with Crippen molar-refractivity contribution in [2.45, 2.75) is 19.0 Å². The van der Waals surface area contributed by atoms with E-state index in [0.717, 1.165) is 5.56 Å². The Morgan fingerprint density at radius 2 is 2.00 bits per heavy atom. The van der Waals surface area contributed by atoms with Crippen LogP contribution < -0.4 is 24.4 Å². The van der Waals surface area contributed by atoms with Crippen molar-refractivity contribution in [1.82, 2.24) is 29.7 Å². The number of aromatic nitrogens is 4. The van der Waals surface area contributed by atoms with E-state index in [1.54, 1.807) is 34.3 Å². The number of fused-ring (bicyclic) bond motifs is 1. The first-order valence-electron chi connectivity index (χ1n) is 11.7. The molecule has 2 aliphatic heterocycles. The summed E-state index contributed by atoms with van der Waals surface area (Å²) in [5.41, 5.74) is 0.882. The van der Waals surface area contributed by atoms with Gasteiger partial charge in [-0.15, -0.1) is 0 Å². The van der Waals surface area contributed by atoms with Crippen molar-refractivity contribution in [3.63, 3.8) is 0 Å². The smallest absolute Gasteiger partial charge is 0.409 e. The Labute approximate surface area is 212 Å². The Hall–Kier alpha value is -4.55. The molecule has 0 radical (unpaired) electrons. The molecule has 13 heteroatoms. The summed E-state index contributed by atoms with van der Waals surface area (Å²) in [6, 6.07) is 6.82. The highest BCUT2D eigenvalue weighted by atomic mass is 16.7. The molecule has 0 bridgehead atoms. The highest BCUT2D eigenvalue weighted by Gasteiger charge is 2.33. The van der Waals surface area contributed by atoms with E-state index < -0.39 is 12.1 Å². The zero-order valence-corrected chi connectivity index (χ0v) is 20.5. The highest BCUT2D eigenvalue weighted by molar-refractivity contribution is 5.78. The quantitative estimate of drug-likeness (QED) is 0.498. The summed E-state index contributed by atoms with van der Waals surface area (Å²) >= 11 is 0. The third kappa shape index (κ3) is 5.34. The number of rotatable bonds is 7. The number of anilines is 1. The van der Waals surface area contributed by atoms with Gasteiger partial charge in [0, 0.05) is 51.1 Å². The Kier molecular flexibility index (Phi) is 6.92. The van der Waals surface area contributed by atoms with E-state index >= 15 is 0 Å². The van der Waals surface area contributed by atoms with Gasteiger partial charge in [0.2, 0.25) is 24.5 Å². The van der Waals surface area contributed by atoms with E-state index in [0.29, 0.717) is 55.3 Å². The number of amides is 2. The zero-order chi connectivity index (χ0) is 25.8. The van der Waals surface area contributed by atoms with Gasteiger partial charge in [0.1, 0.15) is 12.1 Å². The highest BCUT2D eigenvalue weighted by Crippen LogP contribution is 2.32. The summed E-state index contributed by atoms with van der Waals surface area (Å²) < 4.78 is 22.8. The number of nitrogens with zero attached hydrogens (tertiary/aromatic N) is 6. The number of piperazine rings is 1. The van der Waals surface area contributed by atoms with Crippen molar-refractivity contribution in [3.05, 3.63) is 48.5 Å². The van der Waals surface area contributed by atoms with Gasteiger partial charge in [-0.25, -0.2) is 9.78 Å². The van der Waals surface area contributed by atoms with Crippen molar-refractivity contribution in [2.75, 3.05) is 45.5 Å². The lowest BCUT2D eigenvalue weighted by atomic mass is 10.1. The molecule has 2 aliphatic rings. The largest absolute Gasteiger partial charge is 0.481 e. The average Bonchev–Trinajstić information content (AvgIpc) is 3.63. The SMILES string of the molecule is COC(=O)N1CCN(c2cc(OC)nc(-n3ccnc3)n2)CC1CC(=O)NCc1ccc2c(c1)OCO2. The minimum Gasteiger partial charge on any atom is -0.481 e. The molecule has 4 heterocycles. The van der Waals surface area contributed by atoms with Crippen LogP contribution in [0.2, 0.25) is 0 Å². The molecule has 194 valence electrons. The van der Waals surface area contributed by atoms with Crippen molar-refractivity contribution in [2.24, 2.45) is 0 Å². The van der Waals surface area contributed by atoms with E-state index in [2.05, 4.69) is 20.3 Å². The minimum absolute atomic E-state index is 0.0900. The lowest BCUT2D eigenvalue weighted by Crippen LogP contribution is -2.56.